The van der Waals surface area contributed by atoms with E-state index in [1.165, 1.54) is 42.1 Å². The van der Waals surface area contributed by atoms with Crippen LogP contribution in [0, 0.1) is 5.92 Å². The standard InChI is InChI=1S/C14H18N2/c1-10-3-2-4-11(7-10)12-9-16-14-5-6-15-8-13(12)14/h5-6,8-11,16H,2-4,7H2,1H3/t10-,11?/m0/s1. The molecule has 1 N–H and O–H groups in total. The summed E-state index contributed by atoms with van der Waals surface area (Å²) in [5, 5.41) is 1.32. The van der Waals surface area contributed by atoms with Gasteiger partial charge in [-0.3, -0.25) is 4.98 Å². The van der Waals surface area contributed by atoms with Crippen LogP contribution in [0.15, 0.2) is 24.7 Å². The van der Waals surface area contributed by atoms with E-state index in [9.17, 15) is 0 Å². The summed E-state index contributed by atoms with van der Waals surface area (Å²) in [7, 11) is 0. The van der Waals surface area contributed by atoms with Crippen LogP contribution in [0.5, 0.6) is 0 Å². The minimum Gasteiger partial charge on any atom is -0.361 e. The molecule has 0 aromatic carbocycles. The first kappa shape index (κ1) is 9.88. The van der Waals surface area contributed by atoms with Crippen molar-refractivity contribution in [1.82, 2.24) is 9.97 Å². The molecule has 2 aromatic heterocycles. The van der Waals surface area contributed by atoms with E-state index >= 15 is 0 Å². The van der Waals surface area contributed by atoms with E-state index in [2.05, 4.69) is 29.2 Å². The van der Waals surface area contributed by atoms with Gasteiger partial charge in [-0.1, -0.05) is 19.8 Å². The van der Waals surface area contributed by atoms with E-state index in [0.29, 0.717) is 0 Å². The van der Waals surface area contributed by atoms with Crippen molar-refractivity contribution in [2.24, 2.45) is 5.92 Å². The highest BCUT2D eigenvalue weighted by Crippen LogP contribution is 2.38. The third-order valence-electron chi connectivity index (χ3n) is 3.89. The number of hydrogen-bond donors (Lipinski definition) is 1. The molecule has 16 heavy (non-hydrogen) atoms. The van der Waals surface area contributed by atoms with Gasteiger partial charge in [-0.2, -0.15) is 0 Å². The minimum atomic E-state index is 0.738. The molecule has 1 aliphatic carbocycles. The Hall–Kier alpha value is -1.31. The predicted octanol–water partition coefficient (Wildman–Crippen LogP) is 3.86. The molecular formula is C14H18N2. The summed E-state index contributed by atoms with van der Waals surface area (Å²) < 4.78 is 0. The Morgan fingerprint density at radius 1 is 1.38 bits per heavy atom. The number of aromatic nitrogens is 2. The Balaban J connectivity index is 1.99. The lowest BCUT2D eigenvalue weighted by atomic mass is 9.79. The third kappa shape index (κ3) is 1.62. The molecule has 2 nitrogen and oxygen atoms in total. The van der Waals surface area contributed by atoms with E-state index in [4.69, 9.17) is 0 Å². The van der Waals surface area contributed by atoms with Gasteiger partial charge in [0.2, 0.25) is 0 Å². The Morgan fingerprint density at radius 2 is 2.31 bits per heavy atom. The first-order valence-electron chi connectivity index (χ1n) is 6.25. The first-order chi connectivity index (χ1) is 7.84. The second-order valence-corrected chi connectivity index (χ2v) is 5.13. The van der Waals surface area contributed by atoms with Gasteiger partial charge in [-0.15, -0.1) is 0 Å². The number of nitrogens with one attached hydrogen (secondary N) is 1. The fourth-order valence-electron chi connectivity index (χ4n) is 3.04. The molecule has 0 spiro atoms. The average molecular weight is 214 g/mol. The quantitative estimate of drug-likeness (QED) is 0.767. The molecule has 3 rings (SSSR count). The summed E-state index contributed by atoms with van der Waals surface area (Å²) in [6.07, 6.45) is 11.5. The molecule has 2 heterocycles. The van der Waals surface area contributed by atoms with Crippen molar-refractivity contribution < 1.29 is 0 Å². The van der Waals surface area contributed by atoms with Gasteiger partial charge in [0.15, 0.2) is 0 Å². The number of pyridine rings is 1. The molecule has 2 aromatic rings. The van der Waals surface area contributed by atoms with Crippen LogP contribution in [0.3, 0.4) is 0 Å². The maximum Gasteiger partial charge on any atom is 0.0487 e. The largest absolute Gasteiger partial charge is 0.361 e. The van der Waals surface area contributed by atoms with Gasteiger partial charge in [-0.05, 0) is 36.3 Å². The number of hydrogen-bond acceptors (Lipinski definition) is 1. The van der Waals surface area contributed by atoms with Crippen LogP contribution in [0.2, 0.25) is 0 Å². The third-order valence-corrected chi connectivity index (χ3v) is 3.89. The summed E-state index contributed by atoms with van der Waals surface area (Å²) in [5.41, 5.74) is 2.71. The van der Waals surface area contributed by atoms with E-state index in [1.54, 1.807) is 0 Å². The fraction of sp³-hybridized carbons (Fsp3) is 0.500. The molecule has 0 aliphatic heterocycles. The van der Waals surface area contributed by atoms with E-state index < -0.39 is 0 Å². The molecular weight excluding hydrogens is 196 g/mol. The van der Waals surface area contributed by atoms with Crippen molar-refractivity contribution in [2.75, 3.05) is 0 Å². The zero-order chi connectivity index (χ0) is 11.0. The number of aromatic amines is 1. The van der Waals surface area contributed by atoms with E-state index in [1.807, 2.05) is 12.4 Å². The van der Waals surface area contributed by atoms with Crippen LogP contribution in [-0.2, 0) is 0 Å². The smallest absolute Gasteiger partial charge is 0.0487 e. The van der Waals surface area contributed by atoms with Gasteiger partial charge < -0.3 is 4.98 Å². The maximum atomic E-state index is 4.24. The molecule has 2 atom stereocenters. The maximum absolute atomic E-state index is 4.24. The van der Waals surface area contributed by atoms with E-state index in [0.717, 1.165) is 11.8 Å². The van der Waals surface area contributed by atoms with Crippen molar-refractivity contribution in [3.05, 3.63) is 30.2 Å². The number of H-pyrrole nitrogens is 1. The fourth-order valence-corrected chi connectivity index (χ4v) is 3.04. The van der Waals surface area contributed by atoms with Crippen LogP contribution in [-0.4, -0.2) is 9.97 Å². The Bertz CT molecular complexity index is 486. The Labute approximate surface area is 96.1 Å². The number of nitrogens with zero attached hydrogens (tertiary/aromatic N) is 1. The molecule has 1 aliphatic rings. The zero-order valence-corrected chi connectivity index (χ0v) is 9.74. The first-order valence-corrected chi connectivity index (χ1v) is 6.25. The molecule has 1 unspecified atom stereocenters. The van der Waals surface area contributed by atoms with Gasteiger partial charge >= 0.3 is 0 Å². The molecule has 1 fully saturated rings. The monoisotopic (exact) mass is 214 g/mol. The van der Waals surface area contributed by atoms with Gasteiger partial charge in [-0.25, -0.2) is 0 Å². The van der Waals surface area contributed by atoms with Crippen LogP contribution < -0.4 is 0 Å². The van der Waals surface area contributed by atoms with Gasteiger partial charge in [0.05, 0.1) is 0 Å². The number of fused-ring (bicyclic) bond motifs is 1. The second kappa shape index (κ2) is 3.93. The van der Waals surface area contributed by atoms with Crippen molar-refractivity contribution in [1.29, 1.82) is 0 Å². The molecule has 0 saturated heterocycles. The highest BCUT2D eigenvalue weighted by atomic mass is 14.7. The molecule has 0 bridgehead atoms. The average Bonchev–Trinajstić information content (AvgIpc) is 2.72. The molecule has 0 amide bonds. The van der Waals surface area contributed by atoms with Crippen molar-refractivity contribution >= 4 is 10.9 Å². The summed E-state index contributed by atoms with van der Waals surface area (Å²) in [5.74, 6) is 1.61. The zero-order valence-electron chi connectivity index (χ0n) is 9.74. The Kier molecular flexibility index (Phi) is 2.43. The highest BCUT2D eigenvalue weighted by molar-refractivity contribution is 5.82. The van der Waals surface area contributed by atoms with Crippen molar-refractivity contribution in [3.63, 3.8) is 0 Å². The van der Waals surface area contributed by atoms with Gasteiger partial charge in [0.25, 0.3) is 0 Å². The van der Waals surface area contributed by atoms with Crippen LogP contribution >= 0.6 is 0 Å². The Morgan fingerprint density at radius 3 is 3.19 bits per heavy atom. The van der Waals surface area contributed by atoms with E-state index in [-0.39, 0.29) is 0 Å². The van der Waals surface area contributed by atoms with Crippen LogP contribution in [0.4, 0.5) is 0 Å². The normalized spacial score (nSPS) is 26.1. The lowest BCUT2D eigenvalue weighted by Crippen LogP contribution is -2.11. The van der Waals surface area contributed by atoms with Crippen molar-refractivity contribution in [2.45, 2.75) is 38.5 Å². The molecule has 1 saturated carbocycles. The molecule has 2 heteroatoms. The summed E-state index contributed by atoms with van der Waals surface area (Å²) in [6, 6.07) is 2.06. The minimum absolute atomic E-state index is 0.738. The van der Waals surface area contributed by atoms with Gasteiger partial charge in [0, 0.05) is 29.5 Å². The number of rotatable bonds is 1. The molecule has 84 valence electrons. The van der Waals surface area contributed by atoms with Crippen LogP contribution in [0.25, 0.3) is 10.9 Å². The summed E-state index contributed by atoms with van der Waals surface area (Å²) in [6.45, 7) is 2.37. The lowest BCUT2D eigenvalue weighted by Gasteiger charge is -2.26. The van der Waals surface area contributed by atoms with Crippen molar-refractivity contribution in [3.8, 4) is 0 Å². The topological polar surface area (TPSA) is 28.7 Å². The summed E-state index contributed by atoms with van der Waals surface area (Å²) >= 11 is 0. The predicted molar refractivity (Wildman–Crippen MR) is 66.5 cm³/mol. The summed E-state index contributed by atoms with van der Waals surface area (Å²) in [4.78, 5) is 7.60. The SMILES string of the molecule is C[C@H]1CCCC(c2c[nH]c3ccncc23)C1. The van der Waals surface area contributed by atoms with Crippen LogP contribution in [0.1, 0.15) is 44.1 Å². The second-order valence-electron chi connectivity index (χ2n) is 5.13. The highest BCUT2D eigenvalue weighted by Gasteiger charge is 2.22. The lowest BCUT2D eigenvalue weighted by molar-refractivity contribution is 0.345. The van der Waals surface area contributed by atoms with Gasteiger partial charge in [0.1, 0.15) is 0 Å². The molecule has 0 radical (unpaired) electrons.